The number of nitrogens with zero attached hydrogens (tertiary/aromatic N) is 1. The molecule has 0 aliphatic carbocycles. The molecular weight excluding hydrogens is 416 g/mol. The number of rotatable bonds is 7. The lowest BCUT2D eigenvalue weighted by Crippen LogP contribution is -2.26. The molecule has 0 saturated heterocycles. The molecule has 0 radical (unpaired) electrons. The Morgan fingerprint density at radius 3 is 2.23 bits per heavy atom. The Balaban J connectivity index is 1.61. The minimum absolute atomic E-state index is 0.108. The molecule has 7 heteroatoms. The van der Waals surface area contributed by atoms with Crippen molar-refractivity contribution in [1.29, 1.82) is 0 Å². The summed E-state index contributed by atoms with van der Waals surface area (Å²) >= 11 is 1.36. The maximum Gasteiger partial charge on any atom is 0.264 e. The average Bonchev–Trinajstić information content (AvgIpc) is 2.75. The molecule has 0 unspecified atom stereocenters. The zero-order valence-electron chi connectivity index (χ0n) is 17.1. The molecule has 0 aliphatic heterocycles. The molecular formula is C23H24N2O3S2. The van der Waals surface area contributed by atoms with Crippen LogP contribution in [0.2, 0.25) is 0 Å². The molecule has 156 valence electrons. The van der Waals surface area contributed by atoms with Gasteiger partial charge in [-0.05, 0) is 73.5 Å². The molecule has 0 aromatic heterocycles. The van der Waals surface area contributed by atoms with Crippen molar-refractivity contribution in [2.45, 2.75) is 23.6 Å². The maximum atomic E-state index is 12.8. The van der Waals surface area contributed by atoms with E-state index < -0.39 is 10.0 Å². The Hall–Kier alpha value is -2.77. The predicted octanol–water partition coefficient (Wildman–Crippen LogP) is 4.86. The van der Waals surface area contributed by atoms with Gasteiger partial charge in [0.1, 0.15) is 0 Å². The fraction of sp³-hybridized carbons (Fsp3) is 0.174. The van der Waals surface area contributed by atoms with Crippen molar-refractivity contribution in [3.05, 3.63) is 83.9 Å². The molecule has 0 saturated carbocycles. The highest BCUT2D eigenvalue weighted by molar-refractivity contribution is 8.00. The number of hydrogen-bond acceptors (Lipinski definition) is 4. The number of hydrogen-bond donors (Lipinski definition) is 1. The number of carbonyl (C=O) groups is 1. The highest BCUT2D eigenvalue weighted by Crippen LogP contribution is 2.25. The zero-order valence-corrected chi connectivity index (χ0v) is 18.8. The van der Waals surface area contributed by atoms with Gasteiger partial charge in [-0.1, -0.05) is 24.3 Å². The van der Waals surface area contributed by atoms with Gasteiger partial charge in [-0.25, -0.2) is 8.42 Å². The third-order valence-corrected chi connectivity index (χ3v) is 7.57. The van der Waals surface area contributed by atoms with Gasteiger partial charge in [0.05, 0.1) is 16.3 Å². The standard InChI is InChI=1S/C23H24N2O3S2/c1-17-9-10-19(15-18(17)2)24-23(26)16-29-21-11-13-22(14-12-21)30(27,28)25(3)20-7-5-4-6-8-20/h4-15H,16H2,1-3H3,(H,24,26). The van der Waals surface area contributed by atoms with Crippen LogP contribution in [0.15, 0.2) is 82.6 Å². The minimum atomic E-state index is -3.64. The van der Waals surface area contributed by atoms with Crippen molar-refractivity contribution in [3.8, 4) is 0 Å². The van der Waals surface area contributed by atoms with Crippen molar-refractivity contribution in [2.24, 2.45) is 0 Å². The second-order valence-electron chi connectivity index (χ2n) is 6.92. The Kier molecular flexibility index (Phi) is 6.84. The molecule has 5 nitrogen and oxygen atoms in total. The molecule has 3 aromatic carbocycles. The van der Waals surface area contributed by atoms with E-state index in [2.05, 4.69) is 5.32 Å². The van der Waals surface area contributed by atoms with Crippen molar-refractivity contribution >= 4 is 39.1 Å². The summed E-state index contributed by atoms with van der Waals surface area (Å²) in [4.78, 5) is 13.3. The summed E-state index contributed by atoms with van der Waals surface area (Å²) in [5.41, 5.74) is 3.67. The Morgan fingerprint density at radius 2 is 1.60 bits per heavy atom. The van der Waals surface area contributed by atoms with E-state index >= 15 is 0 Å². The highest BCUT2D eigenvalue weighted by atomic mass is 32.2. The molecule has 3 rings (SSSR count). The van der Waals surface area contributed by atoms with Crippen molar-refractivity contribution in [2.75, 3.05) is 22.4 Å². The van der Waals surface area contributed by atoms with Gasteiger partial charge in [0.2, 0.25) is 5.91 Å². The van der Waals surface area contributed by atoms with Crippen LogP contribution in [0.1, 0.15) is 11.1 Å². The molecule has 1 N–H and O–H groups in total. The van der Waals surface area contributed by atoms with Crippen LogP contribution >= 0.6 is 11.8 Å². The van der Waals surface area contributed by atoms with E-state index in [9.17, 15) is 13.2 Å². The molecule has 3 aromatic rings. The van der Waals surface area contributed by atoms with Gasteiger partial charge in [0, 0.05) is 17.6 Å². The Labute approximate surface area is 182 Å². The number of sulfonamides is 1. The van der Waals surface area contributed by atoms with E-state index in [1.54, 1.807) is 48.5 Å². The molecule has 0 heterocycles. The predicted molar refractivity (Wildman–Crippen MR) is 124 cm³/mol. The number of anilines is 2. The highest BCUT2D eigenvalue weighted by Gasteiger charge is 2.21. The van der Waals surface area contributed by atoms with Crippen LogP contribution < -0.4 is 9.62 Å². The molecule has 1 amide bonds. The van der Waals surface area contributed by atoms with Gasteiger partial charge in [0.25, 0.3) is 10.0 Å². The van der Waals surface area contributed by atoms with E-state index in [1.807, 2.05) is 38.1 Å². The Bertz CT molecular complexity index is 1130. The van der Waals surface area contributed by atoms with E-state index in [4.69, 9.17) is 0 Å². The summed E-state index contributed by atoms with van der Waals surface area (Å²) in [5.74, 6) is 0.131. The van der Waals surface area contributed by atoms with E-state index in [0.717, 1.165) is 16.1 Å². The fourth-order valence-electron chi connectivity index (χ4n) is 2.81. The zero-order chi connectivity index (χ0) is 21.7. The van der Waals surface area contributed by atoms with Gasteiger partial charge in [-0.2, -0.15) is 0 Å². The van der Waals surface area contributed by atoms with Gasteiger partial charge in [0.15, 0.2) is 0 Å². The van der Waals surface area contributed by atoms with Gasteiger partial charge in [-0.15, -0.1) is 11.8 Å². The lowest BCUT2D eigenvalue weighted by atomic mass is 10.1. The SMILES string of the molecule is Cc1ccc(NC(=O)CSc2ccc(S(=O)(=O)N(C)c3ccccc3)cc2)cc1C. The van der Waals surface area contributed by atoms with Crippen molar-refractivity contribution in [3.63, 3.8) is 0 Å². The van der Waals surface area contributed by atoms with Crippen molar-refractivity contribution < 1.29 is 13.2 Å². The van der Waals surface area contributed by atoms with Crippen LogP contribution in [0.25, 0.3) is 0 Å². The summed E-state index contributed by atoms with van der Waals surface area (Å²) < 4.78 is 26.9. The van der Waals surface area contributed by atoms with Crippen LogP contribution in [0.5, 0.6) is 0 Å². The summed E-state index contributed by atoms with van der Waals surface area (Å²) in [6.45, 7) is 4.03. The summed E-state index contributed by atoms with van der Waals surface area (Å²) in [6, 6.07) is 21.3. The van der Waals surface area contributed by atoms with Gasteiger partial charge >= 0.3 is 0 Å². The normalized spacial score (nSPS) is 11.2. The number of benzene rings is 3. The maximum absolute atomic E-state index is 12.8. The molecule has 30 heavy (non-hydrogen) atoms. The number of aryl methyl sites for hydroxylation is 2. The first-order valence-corrected chi connectivity index (χ1v) is 11.8. The van der Waals surface area contributed by atoms with E-state index in [-0.39, 0.29) is 16.6 Å². The smallest absolute Gasteiger partial charge is 0.264 e. The quantitative estimate of drug-likeness (QED) is 0.533. The van der Waals surface area contributed by atoms with Crippen LogP contribution in [0.4, 0.5) is 11.4 Å². The first kappa shape index (κ1) is 21.9. The molecule has 0 fully saturated rings. The van der Waals surface area contributed by atoms with E-state index in [0.29, 0.717) is 5.69 Å². The largest absolute Gasteiger partial charge is 0.325 e. The third-order valence-electron chi connectivity index (χ3n) is 4.76. The first-order valence-electron chi connectivity index (χ1n) is 9.41. The molecule has 0 bridgehead atoms. The topological polar surface area (TPSA) is 66.5 Å². The summed E-state index contributed by atoms with van der Waals surface area (Å²) in [6.07, 6.45) is 0. The van der Waals surface area contributed by atoms with Crippen LogP contribution in [0, 0.1) is 13.8 Å². The van der Waals surface area contributed by atoms with Gasteiger partial charge in [-0.3, -0.25) is 9.10 Å². The Morgan fingerprint density at radius 1 is 0.933 bits per heavy atom. The van der Waals surface area contributed by atoms with Crippen LogP contribution in [-0.4, -0.2) is 27.1 Å². The summed E-state index contributed by atoms with van der Waals surface area (Å²) in [7, 11) is -2.11. The third kappa shape index (κ3) is 5.23. The number of carbonyl (C=O) groups excluding carboxylic acids is 1. The number of para-hydroxylation sites is 1. The second-order valence-corrected chi connectivity index (χ2v) is 9.93. The molecule has 0 aliphatic rings. The first-order chi connectivity index (χ1) is 14.3. The number of thioether (sulfide) groups is 1. The van der Waals surface area contributed by atoms with E-state index in [1.165, 1.54) is 28.7 Å². The number of amides is 1. The second kappa shape index (κ2) is 9.36. The van der Waals surface area contributed by atoms with Crippen molar-refractivity contribution in [1.82, 2.24) is 0 Å². The fourth-order valence-corrected chi connectivity index (χ4v) is 4.70. The minimum Gasteiger partial charge on any atom is -0.325 e. The average molecular weight is 441 g/mol. The number of nitrogens with one attached hydrogen (secondary N) is 1. The monoisotopic (exact) mass is 440 g/mol. The van der Waals surface area contributed by atoms with Crippen LogP contribution in [0.3, 0.4) is 0 Å². The summed E-state index contributed by atoms with van der Waals surface area (Å²) in [5, 5.41) is 2.89. The van der Waals surface area contributed by atoms with Gasteiger partial charge < -0.3 is 5.32 Å². The lowest BCUT2D eigenvalue weighted by Gasteiger charge is -2.19. The molecule has 0 atom stereocenters. The lowest BCUT2D eigenvalue weighted by molar-refractivity contribution is -0.113. The molecule has 0 spiro atoms. The van der Waals surface area contributed by atoms with Crippen LogP contribution in [-0.2, 0) is 14.8 Å².